The number of hydrogen-bond acceptors (Lipinski definition) is 1. The maximum atomic E-state index is 4.14. The lowest BCUT2D eigenvalue weighted by Gasteiger charge is -2.33. The summed E-state index contributed by atoms with van der Waals surface area (Å²) < 4.78 is 0. The maximum Gasteiger partial charge on any atom is 0.0343 e. The molecule has 0 fully saturated rings. The minimum Gasteiger partial charge on any atom is -0.384 e. The lowest BCUT2D eigenvalue weighted by molar-refractivity contribution is 0.544. The molecule has 1 nitrogen and oxygen atoms in total. The highest BCUT2D eigenvalue weighted by molar-refractivity contribution is 5.68. The number of fused-ring (bicyclic) bond motifs is 1. The molecular formula is C19H21N. The van der Waals surface area contributed by atoms with E-state index in [2.05, 4.69) is 74.3 Å². The first-order chi connectivity index (χ1) is 9.66. The van der Waals surface area contributed by atoms with E-state index in [9.17, 15) is 0 Å². The average Bonchev–Trinajstić information content (AvgIpc) is 2.48. The fourth-order valence-corrected chi connectivity index (χ4v) is 3.14. The zero-order chi connectivity index (χ0) is 14.1. The standard InChI is InChI=1S/C19H21N/c1-13-9-10-17-15(3)20-12-19(18(17)11-13)14(2)16-7-5-4-6-8-16/h4-11,14,19-20H,3,12H2,1-2H3. The molecule has 2 atom stereocenters. The van der Waals surface area contributed by atoms with Crippen molar-refractivity contribution < 1.29 is 0 Å². The van der Waals surface area contributed by atoms with Crippen molar-refractivity contribution in [2.45, 2.75) is 25.7 Å². The Hall–Kier alpha value is -2.02. The first-order valence-corrected chi connectivity index (χ1v) is 7.25. The molecule has 2 aromatic carbocycles. The van der Waals surface area contributed by atoms with Gasteiger partial charge in [-0.3, -0.25) is 0 Å². The van der Waals surface area contributed by atoms with Crippen LogP contribution in [0.5, 0.6) is 0 Å². The fourth-order valence-electron chi connectivity index (χ4n) is 3.14. The molecule has 0 saturated heterocycles. The Bertz CT molecular complexity index is 627. The quantitative estimate of drug-likeness (QED) is 0.843. The summed E-state index contributed by atoms with van der Waals surface area (Å²) in [5.74, 6) is 0.996. The van der Waals surface area contributed by atoms with Crippen LogP contribution in [0.3, 0.4) is 0 Å². The van der Waals surface area contributed by atoms with Crippen molar-refractivity contribution in [3.05, 3.63) is 77.4 Å². The zero-order valence-electron chi connectivity index (χ0n) is 12.2. The van der Waals surface area contributed by atoms with E-state index in [1.54, 1.807) is 0 Å². The average molecular weight is 263 g/mol. The molecule has 1 N–H and O–H groups in total. The van der Waals surface area contributed by atoms with Crippen molar-refractivity contribution in [1.82, 2.24) is 5.32 Å². The van der Waals surface area contributed by atoms with Crippen LogP contribution in [-0.2, 0) is 0 Å². The smallest absolute Gasteiger partial charge is 0.0343 e. The monoisotopic (exact) mass is 263 g/mol. The van der Waals surface area contributed by atoms with Gasteiger partial charge >= 0.3 is 0 Å². The van der Waals surface area contributed by atoms with E-state index < -0.39 is 0 Å². The van der Waals surface area contributed by atoms with E-state index in [0.29, 0.717) is 11.8 Å². The van der Waals surface area contributed by atoms with Crippen LogP contribution < -0.4 is 5.32 Å². The molecule has 0 aliphatic carbocycles. The summed E-state index contributed by atoms with van der Waals surface area (Å²) >= 11 is 0. The van der Waals surface area contributed by atoms with E-state index in [0.717, 1.165) is 12.2 Å². The molecule has 1 heterocycles. The third kappa shape index (κ3) is 2.24. The lowest BCUT2D eigenvalue weighted by atomic mass is 9.78. The molecule has 2 unspecified atom stereocenters. The summed E-state index contributed by atoms with van der Waals surface area (Å²) in [4.78, 5) is 0. The second-order valence-electron chi connectivity index (χ2n) is 5.76. The number of aryl methyl sites for hydroxylation is 1. The van der Waals surface area contributed by atoms with Crippen LogP contribution in [0.25, 0.3) is 5.70 Å². The van der Waals surface area contributed by atoms with E-state index in [-0.39, 0.29) is 0 Å². The second kappa shape index (κ2) is 5.16. The Morgan fingerprint density at radius 3 is 2.65 bits per heavy atom. The Kier molecular flexibility index (Phi) is 3.35. The number of benzene rings is 2. The summed E-state index contributed by atoms with van der Waals surface area (Å²) in [6.45, 7) is 9.59. The first kappa shape index (κ1) is 13.0. The van der Waals surface area contributed by atoms with Crippen molar-refractivity contribution in [3.63, 3.8) is 0 Å². The molecular weight excluding hydrogens is 242 g/mol. The van der Waals surface area contributed by atoms with Crippen LogP contribution in [0.4, 0.5) is 0 Å². The van der Waals surface area contributed by atoms with Crippen molar-refractivity contribution in [1.29, 1.82) is 0 Å². The fraction of sp³-hybridized carbons (Fsp3) is 0.263. The van der Waals surface area contributed by atoms with Gasteiger partial charge in [0, 0.05) is 23.7 Å². The SMILES string of the molecule is C=C1NCC(C(C)c2ccccc2)c2cc(C)ccc21. The van der Waals surface area contributed by atoms with E-state index in [1.807, 2.05) is 0 Å². The number of nitrogens with one attached hydrogen (secondary N) is 1. The lowest BCUT2D eigenvalue weighted by Crippen LogP contribution is -2.29. The van der Waals surface area contributed by atoms with Gasteiger partial charge in [-0.1, -0.05) is 67.6 Å². The van der Waals surface area contributed by atoms with Crippen molar-refractivity contribution >= 4 is 5.70 Å². The minimum absolute atomic E-state index is 0.498. The molecule has 1 aliphatic heterocycles. The van der Waals surface area contributed by atoms with Gasteiger partial charge in [-0.15, -0.1) is 0 Å². The van der Waals surface area contributed by atoms with E-state index >= 15 is 0 Å². The molecule has 102 valence electrons. The number of hydrogen-bond donors (Lipinski definition) is 1. The topological polar surface area (TPSA) is 12.0 Å². The normalized spacial score (nSPS) is 19.1. The third-order valence-corrected chi connectivity index (χ3v) is 4.40. The van der Waals surface area contributed by atoms with Gasteiger partial charge in [0.15, 0.2) is 0 Å². The van der Waals surface area contributed by atoms with Gasteiger partial charge in [0.2, 0.25) is 0 Å². The highest BCUT2D eigenvalue weighted by Gasteiger charge is 2.27. The summed E-state index contributed by atoms with van der Waals surface area (Å²) in [5, 5.41) is 3.46. The van der Waals surface area contributed by atoms with Gasteiger partial charge in [0.25, 0.3) is 0 Å². The third-order valence-electron chi connectivity index (χ3n) is 4.40. The van der Waals surface area contributed by atoms with Crippen LogP contribution in [0.2, 0.25) is 0 Å². The predicted molar refractivity (Wildman–Crippen MR) is 85.8 cm³/mol. The van der Waals surface area contributed by atoms with Crippen molar-refractivity contribution in [2.24, 2.45) is 0 Å². The highest BCUT2D eigenvalue weighted by Crippen LogP contribution is 2.38. The molecule has 0 spiro atoms. The van der Waals surface area contributed by atoms with E-state index in [4.69, 9.17) is 0 Å². The molecule has 1 heteroatoms. The molecule has 2 aromatic rings. The highest BCUT2D eigenvalue weighted by atomic mass is 14.9. The van der Waals surface area contributed by atoms with Crippen molar-refractivity contribution in [3.8, 4) is 0 Å². The van der Waals surface area contributed by atoms with Gasteiger partial charge in [-0.05, 0) is 24.0 Å². The molecule has 0 aromatic heterocycles. The molecule has 0 amide bonds. The summed E-state index contributed by atoms with van der Waals surface area (Å²) in [7, 11) is 0. The van der Waals surface area contributed by atoms with Crippen LogP contribution in [-0.4, -0.2) is 6.54 Å². The molecule has 3 rings (SSSR count). The van der Waals surface area contributed by atoms with Crippen LogP contribution in [0.1, 0.15) is 41.0 Å². The molecule has 1 aliphatic rings. The minimum atomic E-state index is 0.498. The first-order valence-electron chi connectivity index (χ1n) is 7.25. The molecule has 0 bridgehead atoms. The van der Waals surface area contributed by atoms with Gasteiger partial charge in [-0.2, -0.15) is 0 Å². The molecule has 20 heavy (non-hydrogen) atoms. The zero-order valence-corrected chi connectivity index (χ0v) is 12.2. The Balaban J connectivity index is 2.02. The largest absolute Gasteiger partial charge is 0.384 e. The maximum absolute atomic E-state index is 4.14. The van der Waals surface area contributed by atoms with Crippen LogP contribution >= 0.6 is 0 Å². The number of rotatable bonds is 2. The summed E-state index contributed by atoms with van der Waals surface area (Å²) in [6, 6.07) is 17.5. The molecule has 0 saturated carbocycles. The predicted octanol–water partition coefficient (Wildman–Crippen LogP) is 4.46. The summed E-state index contributed by atoms with van der Waals surface area (Å²) in [6.07, 6.45) is 0. The second-order valence-corrected chi connectivity index (χ2v) is 5.76. The van der Waals surface area contributed by atoms with E-state index in [1.165, 1.54) is 22.3 Å². The van der Waals surface area contributed by atoms with Crippen LogP contribution in [0.15, 0.2) is 55.1 Å². The van der Waals surface area contributed by atoms with Gasteiger partial charge < -0.3 is 5.32 Å². The Morgan fingerprint density at radius 1 is 1.15 bits per heavy atom. The van der Waals surface area contributed by atoms with Crippen LogP contribution in [0, 0.1) is 6.92 Å². The Labute approximate surface area is 121 Å². The van der Waals surface area contributed by atoms with Gasteiger partial charge in [0.05, 0.1) is 0 Å². The summed E-state index contributed by atoms with van der Waals surface area (Å²) in [5.41, 5.74) is 6.49. The van der Waals surface area contributed by atoms with Gasteiger partial charge in [0.1, 0.15) is 0 Å². The molecule has 0 radical (unpaired) electrons. The van der Waals surface area contributed by atoms with Crippen molar-refractivity contribution in [2.75, 3.05) is 6.54 Å². The Morgan fingerprint density at radius 2 is 1.90 bits per heavy atom. The van der Waals surface area contributed by atoms with Gasteiger partial charge in [-0.25, -0.2) is 0 Å².